The maximum Gasteiger partial charge on any atom is 0.438 e. The van der Waals surface area contributed by atoms with Gasteiger partial charge in [-0.3, -0.25) is 0 Å². The molecule has 0 heterocycles. The van der Waals surface area contributed by atoms with Crippen LogP contribution in [0.4, 0.5) is 9.28 Å². The Kier molecular flexibility index (Phi) is 9.74. The number of nitrogens with zero attached hydrogens (tertiary/aromatic N) is 1. The average Bonchev–Trinajstić information content (AvgIpc) is 2.63. The van der Waals surface area contributed by atoms with E-state index in [-0.39, 0.29) is 15.2 Å². The molecule has 35 heavy (non-hydrogen) atoms. The smallest absolute Gasteiger partial charge is 0.438 e. The number of halogens is 1. The van der Waals surface area contributed by atoms with Gasteiger partial charge < -0.3 is 13.6 Å². The lowest BCUT2D eigenvalue weighted by atomic mass is 10.1. The zero-order chi connectivity index (χ0) is 27.6. The molecule has 0 spiro atoms. The van der Waals surface area contributed by atoms with E-state index in [4.69, 9.17) is 13.6 Å². The van der Waals surface area contributed by atoms with Gasteiger partial charge in [0.05, 0.1) is 6.04 Å². The van der Waals surface area contributed by atoms with Crippen LogP contribution < -0.4 is 8.85 Å². The van der Waals surface area contributed by atoms with Gasteiger partial charge in [0.25, 0.3) is 16.6 Å². The first kappa shape index (κ1) is 31.5. The summed E-state index contributed by atoms with van der Waals surface area (Å²) in [5.74, 6) is 1.54. The van der Waals surface area contributed by atoms with Crippen molar-refractivity contribution in [2.24, 2.45) is 0 Å². The summed E-state index contributed by atoms with van der Waals surface area (Å²) in [7, 11) is -4.19. The van der Waals surface area contributed by atoms with Crippen LogP contribution in [-0.4, -0.2) is 39.5 Å². The van der Waals surface area contributed by atoms with Crippen LogP contribution in [0.3, 0.4) is 0 Å². The normalized spacial score (nSPS) is 14.4. The maximum atomic E-state index is 14.5. The minimum Gasteiger partial charge on any atom is -0.541 e. The molecule has 0 radical (unpaired) electrons. The van der Waals surface area contributed by atoms with Gasteiger partial charge >= 0.3 is 6.09 Å². The third-order valence-electron chi connectivity index (χ3n) is 7.16. The fourth-order valence-electron chi connectivity index (χ4n) is 2.70. The second-order valence-electron chi connectivity index (χ2n) is 13.7. The van der Waals surface area contributed by atoms with Gasteiger partial charge in [-0.25, -0.2) is 4.79 Å². The number of amides is 1. The van der Waals surface area contributed by atoms with Crippen molar-refractivity contribution in [3.8, 4) is 11.5 Å². The van der Waals surface area contributed by atoms with Gasteiger partial charge in [-0.05, 0) is 94.5 Å². The Morgan fingerprint density at radius 1 is 0.886 bits per heavy atom. The molecule has 202 valence electrons. The Bertz CT molecular complexity index is 867. The summed E-state index contributed by atoms with van der Waals surface area (Å²) in [5.41, 5.74) is 0.280. The third-order valence-corrected chi connectivity index (χ3v) is 15.8. The number of ether oxygens (including phenoxy) is 1. The van der Waals surface area contributed by atoms with E-state index in [1.807, 2.05) is 18.2 Å². The van der Waals surface area contributed by atoms with Crippen LogP contribution in [0.5, 0.6) is 11.5 Å². The lowest BCUT2D eigenvalue weighted by Crippen LogP contribution is -2.45. The molecule has 0 saturated carbocycles. The van der Waals surface area contributed by atoms with Crippen LogP contribution in [0.15, 0.2) is 18.2 Å². The van der Waals surface area contributed by atoms with Crippen LogP contribution >= 0.6 is 0 Å². The molecule has 5 nitrogen and oxygen atoms in total. The molecule has 1 aromatic rings. The van der Waals surface area contributed by atoms with E-state index in [0.717, 1.165) is 17.1 Å². The zero-order valence-electron chi connectivity index (χ0n) is 24.7. The predicted molar refractivity (Wildman–Crippen MR) is 149 cm³/mol. The van der Waals surface area contributed by atoms with E-state index in [9.17, 15) is 9.28 Å². The maximum absolute atomic E-state index is 14.5. The molecule has 0 N–H and O–H groups in total. The first-order valence-corrected chi connectivity index (χ1v) is 18.5. The highest BCUT2D eigenvalue weighted by Crippen LogP contribution is 2.43. The Morgan fingerprint density at radius 3 is 1.77 bits per heavy atom. The van der Waals surface area contributed by atoms with Crippen molar-refractivity contribution in [1.29, 1.82) is 0 Å². The monoisotopic (exact) mass is 527 g/mol. The standard InChI is InChI=1S/C27H50FNO4Si2/c1-20(29(28)24(30)31-25(2,3)4)15-16-21-17-18-22(32-34(11,12)26(5,6)7)23(19-21)33-35(13,14)27(8,9)10/h17-20H,15-16H2,1-14H3/t20-/m1/s1. The highest BCUT2D eigenvalue weighted by molar-refractivity contribution is 6.75. The van der Waals surface area contributed by atoms with E-state index in [0.29, 0.717) is 12.8 Å². The second-order valence-corrected chi connectivity index (χ2v) is 23.1. The summed E-state index contributed by atoms with van der Waals surface area (Å²) in [6, 6.07) is 5.43. The van der Waals surface area contributed by atoms with E-state index in [1.165, 1.54) is 0 Å². The predicted octanol–water partition coefficient (Wildman–Crippen LogP) is 8.90. The minimum atomic E-state index is -2.12. The molecule has 1 amide bonds. The minimum absolute atomic E-state index is 0.0356. The first-order valence-electron chi connectivity index (χ1n) is 12.7. The summed E-state index contributed by atoms with van der Waals surface area (Å²) in [6.45, 7) is 29.1. The van der Waals surface area contributed by atoms with Gasteiger partial charge in [0, 0.05) is 0 Å². The average molecular weight is 528 g/mol. The number of rotatable bonds is 8. The van der Waals surface area contributed by atoms with Crippen LogP contribution in [0.1, 0.15) is 81.2 Å². The quantitative estimate of drug-likeness (QED) is 0.250. The number of carbonyl (C=O) groups is 1. The molecule has 0 unspecified atom stereocenters. The van der Waals surface area contributed by atoms with E-state index < -0.39 is 34.4 Å². The van der Waals surface area contributed by atoms with Gasteiger partial charge in [-0.15, -0.1) is 5.12 Å². The van der Waals surface area contributed by atoms with Crippen molar-refractivity contribution in [2.45, 2.75) is 130 Å². The molecule has 0 fully saturated rings. The molecule has 8 heteroatoms. The highest BCUT2D eigenvalue weighted by atomic mass is 28.4. The third kappa shape index (κ3) is 9.12. The Hall–Kier alpha value is -1.55. The molecule has 0 aliphatic heterocycles. The fraction of sp³-hybridized carbons (Fsp3) is 0.741. The van der Waals surface area contributed by atoms with Crippen LogP contribution in [0, 0.1) is 0 Å². The molecular weight excluding hydrogens is 477 g/mol. The van der Waals surface area contributed by atoms with Crippen molar-refractivity contribution in [1.82, 2.24) is 5.12 Å². The molecule has 1 aromatic carbocycles. The largest absolute Gasteiger partial charge is 0.541 e. The van der Waals surface area contributed by atoms with E-state index in [1.54, 1.807) is 27.7 Å². The topological polar surface area (TPSA) is 48.0 Å². The van der Waals surface area contributed by atoms with Crippen molar-refractivity contribution in [3.63, 3.8) is 0 Å². The number of hydrogen-bond acceptors (Lipinski definition) is 4. The van der Waals surface area contributed by atoms with Gasteiger partial charge in [-0.1, -0.05) is 52.1 Å². The zero-order valence-corrected chi connectivity index (χ0v) is 26.7. The molecule has 0 aliphatic carbocycles. The molecule has 0 bridgehead atoms. The van der Waals surface area contributed by atoms with Gasteiger partial charge in [-0.2, -0.15) is 0 Å². The summed E-state index contributed by atoms with van der Waals surface area (Å²) in [6.07, 6.45) is 0.0983. The summed E-state index contributed by atoms with van der Waals surface area (Å²) < 4.78 is 33.1. The highest BCUT2D eigenvalue weighted by Gasteiger charge is 2.42. The number of aryl methyl sites for hydroxylation is 1. The second kappa shape index (κ2) is 10.8. The number of hydrogen-bond donors (Lipinski definition) is 0. The Balaban J connectivity index is 3.18. The van der Waals surface area contributed by atoms with Crippen molar-refractivity contribution >= 4 is 22.7 Å². The van der Waals surface area contributed by atoms with E-state index in [2.05, 4.69) is 67.7 Å². The summed E-state index contributed by atoms with van der Waals surface area (Å²) >= 11 is 0. The number of benzene rings is 1. The van der Waals surface area contributed by atoms with Crippen molar-refractivity contribution in [3.05, 3.63) is 23.8 Å². The van der Waals surface area contributed by atoms with Crippen molar-refractivity contribution < 1.29 is 22.9 Å². The lowest BCUT2D eigenvalue weighted by Gasteiger charge is -2.39. The van der Waals surface area contributed by atoms with Crippen molar-refractivity contribution in [2.75, 3.05) is 0 Å². The molecule has 1 rings (SSSR count). The van der Waals surface area contributed by atoms with Crippen LogP contribution in [0.25, 0.3) is 0 Å². The summed E-state index contributed by atoms with van der Waals surface area (Å²) in [5, 5.41) is 0.280. The van der Waals surface area contributed by atoms with Crippen LogP contribution in [-0.2, 0) is 11.2 Å². The number of carbonyl (C=O) groups excluding carboxylic acids is 1. The van der Waals surface area contributed by atoms with Gasteiger partial charge in [0.15, 0.2) is 0 Å². The molecule has 1 atom stereocenters. The Labute approximate surface area is 215 Å². The molecule has 0 saturated heterocycles. The molecule has 0 aliphatic rings. The lowest BCUT2D eigenvalue weighted by molar-refractivity contribution is -0.0500. The molecule has 0 aromatic heterocycles. The fourth-order valence-corrected chi connectivity index (χ4v) is 4.74. The summed E-state index contributed by atoms with van der Waals surface area (Å²) in [4.78, 5) is 12.1. The van der Waals surface area contributed by atoms with Gasteiger partial charge in [0.1, 0.15) is 17.1 Å². The SMILES string of the molecule is C[C@H](CCc1ccc(O[Si](C)(C)C(C)(C)C)c(O[Si](C)(C)C(C)(C)C)c1)N(F)C(=O)OC(C)(C)C. The Morgan fingerprint density at radius 2 is 1.34 bits per heavy atom. The first-order chi connectivity index (χ1) is 15.5. The van der Waals surface area contributed by atoms with Gasteiger partial charge in [0.2, 0.25) is 0 Å². The van der Waals surface area contributed by atoms with E-state index >= 15 is 0 Å². The van der Waals surface area contributed by atoms with Crippen LogP contribution in [0.2, 0.25) is 36.3 Å². The molecular formula is C27H50FNO4Si2.